The van der Waals surface area contributed by atoms with Gasteiger partial charge in [0, 0.05) is 35.2 Å². The molecule has 0 amide bonds. The van der Waals surface area contributed by atoms with Gasteiger partial charge in [-0.15, -0.1) is 0 Å². The molecule has 0 atom stereocenters. The lowest BCUT2D eigenvalue weighted by molar-refractivity contribution is -0.384. The minimum atomic E-state index is -0.480. The SMILES string of the molecule is O=[N+]([O-])c1ccc(-c2cc([N+](=O)[O-])c3cnc4ccccc4c3c2)cc1. The summed E-state index contributed by atoms with van der Waals surface area (Å²) in [7, 11) is 0. The van der Waals surface area contributed by atoms with Crippen LogP contribution in [0.5, 0.6) is 0 Å². The number of non-ortho nitro benzene ring substituents is 2. The van der Waals surface area contributed by atoms with Crippen molar-refractivity contribution in [3.8, 4) is 11.1 Å². The topological polar surface area (TPSA) is 99.2 Å². The molecule has 7 nitrogen and oxygen atoms in total. The second-order valence-electron chi connectivity index (χ2n) is 5.79. The molecule has 0 N–H and O–H groups in total. The first-order chi connectivity index (χ1) is 12.5. The number of pyridine rings is 1. The van der Waals surface area contributed by atoms with Crippen LogP contribution in [0.3, 0.4) is 0 Å². The minimum Gasteiger partial charge on any atom is -0.258 e. The van der Waals surface area contributed by atoms with E-state index >= 15 is 0 Å². The van der Waals surface area contributed by atoms with Crippen molar-refractivity contribution >= 4 is 33.1 Å². The third-order valence-corrected chi connectivity index (χ3v) is 4.29. The molecular formula is C19H11N3O4. The van der Waals surface area contributed by atoms with Crippen LogP contribution in [0.25, 0.3) is 32.8 Å². The van der Waals surface area contributed by atoms with Crippen LogP contribution in [0.2, 0.25) is 0 Å². The second-order valence-corrected chi connectivity index (χ2v) is 5.79. The third-order valence-electron chi connectivity index (χ3n) is 4.29. The highest BCUT2D eigenvalue weighted by molar-refractivity contribution is 6.10. The van der Waals surface area contributed by atoms with Crippen LogP contribution in [0.15, 0.2) is 66.9 Å². The highest BCUT2D eigenvalue weighted by atomic mass is 16.6. The molecule has 0 spiro atoms. The Morgan fingerprint density at radius 1 is 0.731 bits per heavy atom. The molecule has 1 heterocycles. The Bertz CT molecular complexity index is 1190. The summed E-state index contributed by atoms with van der Waals surface area (Å²) >= 11 is 0. The number of benzene rings is 3. The van der Waals surface area contributed by atoms with E-state index in [1.54, 1.807) is 12.1 Å². The maximum absolute atomic E-state index is 11.6. The molecule has 0 radical (unpaired) electrons. The fourth-order valence-corrected chi connectivity index (χ4v) is 3.04. The zero-order valence-electron chi connectivity index (χ0n) is 13.3. The van der Waals surface area contributed by atoms with Crippen molar-refractivity contribution in [3.05, 3.63) is 87.1 Å². The van der Waals surface area contributed by atoms with Crippen LogP contribution >= 0.6 is 0 Å². The van der Waals surface area contributed by atoms with Crippen molar-refractivity contribution in [2.24, 2.45) is 0 Å². The van der Waals surface area contributed by atoms with Gasteiger partial charge in [-0.1, -0.05) is 18.2 Å². The smallest absolute Gasteiger partial charge is 0.258 e. The highest BCUT2D eigenvalue weighted by Crippen LogP contribution is 2.35. The van der Waals surface area contributed by atoms with Crippen molar-refractivity contribution in [2.75, 3.05) is 0 Å². The van der Waals surface area contributed by atoms with Crippen LogP contribution in [-0.2, 0) is 0 Å². The summed E-state index contributed by atoms with van der Waals surface area (Å²) in [5, 5.41) is 24.4. The molecule has 26 heavy (non-hydrogen) atoms. The summed E-state index contributed by atoms with van der Waals surface area (Å²) in [6.07, 6.45) is 1.51. The van der Waals surface area contributed by atoms with E-state index in [0.717, 1.165) is 16.3 Å². The highest BCUT2D eigenvalue weighted by Gasteiger charge is 2.17. The minimum absolute atomic E-state index is 0.0290. The van der Waals surface area contributed by atoms with Crippen LogP contribution in [-0.4, -0.2) is 14.8 Å². The molecule has 4 rings (SSSR count). The van der Waals surface area contributed by atoms with E-state index < -0.39 is 9.85 Å². The van der Waals surface area contributed by atoms with Gasteiger partial charge in [-0.2, -0.15) is 0 Å². The molecule has 0 saturated heterocycles. The Morgan fingerprint density at radius 2 is 1.46 bits per heavy atom. The summed E-state index contributed by atoms with van der Waals surface area (Å²) in [5.74, 6) is 0. The molecule has 0 aliphatic heterocycles. The van der Waals surface area contributed by atoms with E-state index in [1.165, 1.54) is 24.4 Å². The monoisotopic (exact) mass is 345 g/mol. The van der Waals surface area contributed by atoms with Crippen molar-refractivity contribution in [3.63, 3.8) is 0 Å². The number of para-hydroxylation sites is 1. The van der Waals surface area contributed by atoms with Gasteiger partial charge >= 0.3 is 0 Å². The zero-order valence-corrected chi connectivity index (χ0v) is 13.3. The first-order valence-electron chi connectivity index (χ1n) is 7.75. The molecule has 0 bridgehead atoms. The number of aromatic nitrogens is 1. The molecule has 126 valence electrons. The average molecular weight is 345 g/mol. The lowest BCUT2D eigenvalue weighted by Crippen LogP contribution is -1.93. The normalized spacial score (nSPS) is 10.9. The summed E-state index contributed by atoms with van der Waals surface area (Å²) in [5.41, 5.74) is 1.96. The number of nitro benzene ring substituents is 2. The first-order valence-corrected chi connectivity index (χ1v) is 7.75. The third kappa shape index (κ3) is 2.51. The number of nitro groups is 2. The van der Waals surface area contributed by atoms with Crippen LogP contribution in [0.1, 0.15) is 0 Å². The quantitative estimate of drug-likeness (QED) is 0.299. The van der Waals surface area contributed by atoms with Crippen LogP contribution in [0.4, 0.5) is 11.4 Å². The number of hydrogen-bond donors (Lipinski definition) is 0. The van der Waals surface area contributed by atoms with Gasteiger partial charge < -0.3 is 0 Å². The van der Waals surface area contributed by atoms with E-state index in [-0.39, 0.29) is 11.4 Å². The fourth-order valence-electron chi connectivity index (χ4n) is 3.04. The van der Waals surface area contributed by atoms with E-state index in [2.05, 4.69) is 4.98 Å². The van der Waals surface area contributed by atoms with Crippen molar-refractivity contribution in [2.45, 2.75) is 0 Å². The van der Waals surface area contributed by atoms with Crippen molar-refractivity contribution in [1.29, 1.82) is 0 Å². The van der Waals surface area contributed by atoms with Gasteiger partial charge in [-0.25, -0.2) is 0 Å². The summed E-state index contributed by atoms with van der Waals surface area (Å²) < 4.78 is 0. The molecule has 7 heteroatoms. The number of nitrogens with zero attached hydrogens (tertiary/aromatic N) is 3. The number of hydrogen-bond acceptors (Lipinski definition) is 5. The largest absolute Gasteiger partial charge is 0.279 e. The average Bonchev–Trinajstić information content (AvgIpc) is 2.67. The molecule has 0 aliphatic rings. The summed E-state index contributed by atoms with van der Waals surface area (Å²) in [6, 6.07) is 16.7. The first kappa shape index (κ1) is 15.6. The molecule has 0 fully saturated rings. The Labute approximate surface area is 146 Å². The van der Waals surface area contributed by atoms with E-state index in [1.807, 2.05) is 30.3 Å². The zero-order chi connectivity index (χ0) is 18.3. The van der Waals surface area contributed by atoms with Gasteiger partial charge in [0.1, 0.15) is 0 Å². The fraction of sp³-hybridized carbons (Fsp3) is 0. The van der Waals surface area contributed by atoms with Gasteiger partial charge in [0.2, 0.25) is 0 Å². The van der Waals surface area contributed by atoms with Crippen LogP contribution in [0, 0.1) is 20.2 Å². The molecule has 0 saturated carbocycles. The lowest BCUT2D eigenvalue weighted by atomic mass is 9.98. The van der Waals surface area contributed by atoms with E-state index in [4.69, 9.17) is 0 Å². The molecule has 1 aromatic heterocycles. The molecular weight excluding hydrogens is 334 g/mol. The molecule has 3 aromatic carbocycles. The Balaban J connectivity index is 2.02. The van der Waals surface area contributed by atoms with E-state index in [9.17, 15) is 20.2 Å². The van der Waals surface area contributed by atoms with Gasteiger partial charge in [-0.05, 0) is 35.4 Å². The van der Waals surface area contributed by atoms with Gasteiger partial charge in [0.05, 0.1) is 20.7 Å². The van der Waals surface area contributed by atoms with Gasteiger partial charge in [0.15, 0.2) is 0 Å². The summed E-state index contributed by atoms with van der Waals surface area (Å²) in [6.45, 7) is 0. The molecule has 4 aromatic rings. The Hall–Kier alpha value is -3.87. The van der Waals surface area contributed by atoms with Crippen molar-refractivity contribution < 1.29 is 9.85 Å². The second kappa shape index (κ2) is 5.89. The predicted octanol–water partition coefficient (Wildman–Crippen LogP) is 4.87. The molecule has 0 unspecified atom stereocenters. The van der Waals surface area contributed by atoms with Crippen molar-refractivity contribution in [1.82, 2.24) is 4.98 Å². The Morgan fingerprint density at radius 3 is 2.15 bits per heavy atom. The number of rotatable bonds is 3. The standard InChI is InChI=1S/C19H11N3O4/c23-21(24)14-7-5-12(6-8-14)13-9-16-15-3-1-2-4-18(15)20-11-17(16)19(10-13)22(25)26/h1-11H. The maximum Gasteiger partial charge on any atom is 0.279 e. The van der Waals surface area contributed by atoms with E-state index in [0.29, 0.717) is 16.5 Å². The lowest BCUT2D eigenvalue weighted by Gasteiger charge is -2.08. The Kier molecular flexibility index (Phi) is 3.54. The molecule has 0 aliphatic carbocycles. The van der Waals surface area contributed by atoms with Crippen LogP contribution < -0.4 is 0 Å². The summed E-state index contributed by atoms with van der Waals surface area (Å²) in [4.78, 5) is 25.8. The number of fused-ring (bicyclic) bond motifs is 3. The van der Waals surface area contributed by atoms with Gasteiger partial charge in [-0.3, -0.25) is 25.2 Å². The maximum atomic E-state index is 11.6. The van der Waals surface area contributed by atoms with Gasteiger partial charge in [0.25, 0.3) is 11.4 Å². The predicted molar refractivity (Wildman–Crippen MR) is 98.0 cm³/mol.